The standard InChI is InChI=1S/C24H28ClFN2O3/c1-14(16-6-8-17(25)9-7-16)12-28-21(22(29)27-24(3,4)5)18-10-11-19(31-13-26)15(2)20(18)23(28)30/h6-11,14,21H,12-13H2,1-5H3,(H,27,29). The van der Waals surface area contributed by atoms with Crippen molar-refractivity contribution in [3.05, 3.63) is 63.7 Å². The van der Waals surface area contributed by atoms with Crippen LogP contribution in [0.4, 0.5) is 4.39 Å². The summed E-state index contributed by atoms with van der Waals surface area (Å²) in [6, 6.07) is 9.99. The largest absolute Gasteiger partial charge is 0.463 e. The van der Waals surface area contributed by atoms with E-state index in [9.17, 15) is 14.0 Å². The van der Waals surface area contributed by atoms with Crippen LogP contribution in [-0.4, -0.2) is 35.7 Å². The van der Waals surface area contributed by atoms with Gasteiger partial charge in [0.1, 0.15) is 11.8 Å². The first kappa shape index (κ1) is 23.1. The van der Waals surface area contributed by atoms with Crippen molar-refractivity contribution in [3.63, 3.8) is 0 Å². The molecule has 1 aliphatic heterocycles. The molecule has 1 heterocycles. The molecule has 0 spiro atoms. The van der Waals surface area contributed by atoms with Gasteiger partial charge in [0, 0.05) is 22.7 Å². The Morgan fingerprint density at radius 3 is 2.45 bits per heavy atom. The van der Waals surface area contributed by atoms with Gasteiger partial charge in [-0.25, -0.2) is 4.39 Å². The van der Waals surface area contributed by atoms with Crippen LogP contribution >= 0.6 is 11.6 Å². The molecule has 2 amide bonds. The van der Waals surface area contributed by atoms with Gasteiger partial charge in [0.25, 0.3) is 5.91 Å². The van der Waals surface area contributed by atoms with Gasteiger partial charge >= 0.3 is 0 Å². The molecule has 2 aromatic rings. The summed E-state index contributed by atoms with van der Waals surface area (Å²) < 4.78 is 17.8. The van der Waals surface area contributed by atoms with E-state index >= 15 is 0 Å². The molecule has 1 N–H and O–H groups in total. The van der Waals surface area contributed by atoms with Gasteiger partial charge < -0.3 is 15.0 Å². The number of rotatable bonds is 6. The van der Waals surface area contributed by atoms with E-state index in [1.807, 2.05) is 52.0 Å². The lowest BCUT2D eigenvalue weighted by Gasteiger charge is -2.30. The number of ether oxygens (including phenoxy) is 1. The number of nitrogens with one attached hydrogen (secondary N) is 1. The van der Waals surface area contributed by atoms with Gasteiger partial charge in [-0.05, 0) is 62.9 Å². The summed E-state index contributed by atoms with van der Waals surface area (Å²) in [6.07, 6.45) is 0. The van der Waals surface area contributed by atoms with Crippen molar-refractivity contribution in [1.82, 2.24) is 10.2 Å². The predicted octanol–water partition coefficient (Wildman–Crippen LogP) is 5.17. The highest BCUT2D eigenvalue weighted by Gasteiger charge is 2.43. The maximum absolute atomic E-state index is 13.5. The molecule has 1 aliphatic rings. The lowest BCUT2D eigenvalue weighted by molar-refractivity contribution is -0.127. The van der Waals surface area contributed by atoms with Crippen molar-refractivity contribution >= 4 is 23.4 Å². The topological polar surface area (TPSA) is 58.6 Å². The average Bonchev–Trinajstić information content (AvgIpc) is 2.96. The predicted molar refractivity (Wildman–Crippen MR) is 119 cm³/mol. The summed E-state index contributed by atoms with van der Waals surface area (Å²) in [7, 11) is 0. The zero-order valence-electron chi connectivity index (χ0n) is 18.5. The number of hydrogen-bond acceptors (Lipinski definition) is 3. The molecule has 0 aliphatic carbocycles. The highest BCUT2D eigenvalue weighted by atomic mass is 35.5. The highest BCUT2D eigenvalue weighted by Crippen LogP contribution is 2.40. The number of fused-ring (bicyclic) bond motifs is 1. The Balaban J connectivity index is 2.00. The van der Waals surface area contributed by atoms with Gasteiger partial charge in [-0.3, -0.25) is 9.59 Å². The first-order chi connectivity index (χ1) is 14.5. The molecule has 0 aromatic heterocycles. The number of halogens is 2. The molecule has 2 atom stereocenters. The van der Waals surface area contributed by atoms with Crippen LogP contribution in [0, 0.1) is 6.92 Å². The van der Waals surface area contributed by atoms with Crippen LogP contribution in [0.15, 0.2) is 36.4 Å². The van der Waals surface area contributed by atoms with E-state index in [0.717, 1.165) is 5.56 Å². The minimum absolute atomic E-state index is 0.0256. The third-order valence-electron chi connectivity index (χ3n) is 5.39. The minimum Gasteiger partial charge on any atom is -0.463 e. The molecular formula is C24H28ClFN2O3. The zero-order valence-corrected chi connectivity index (χ0v) is 19.2. The number of nitrogens with zero attached hydrogens (tertiary/aromatic N) is 1. The van der Waals surface area contributed by atoms with Crippen LogP contribution in [0.2, 0.25) is 5.02 Å². The van der Waals surface area contributed by atoms with Crippen molar-refractivity contribution in [3.8, 4) is 5.75 Å². The maximum atomic E-state index is 13.5. The van der Waals surface area contributed by atoms with E-state index in [1.165, 1.54) is 0 Å². The summed E-state index contributed by atoms with van der Waals surface area (Å²) in [5.41, 5.74) is 2.11. The fourth-order valence-corrected chi connectivity index (χ4v) is 4.10. The summed E-state index contributed by atoms with van der Waals surface area (Å²) in [5.74, 6) is -0.229. The van der Waals surface area contributed by atoms with Crippen molar-refractivity contribution in [2.45, 2.75) is 52.1 Å². The van der Waals surface area contributed by atoms with Crippen molar-refractivity contribution in [2.24, 2.45) is 0 Å². The Morgan fingerprint density at radius 1 is 1.23 bits per heavy atom. The molecule has 31 heavy (non-hydrogen) atoms. The molecule has 0 radical (unpaired) electrons. The number of amides is 2. The molecule has 0 bridgehead atoms. The maximum Gasteiger partial charge on any atom is 0.255 e. The lowest BCUT2D eigenvalue weighted by atomic mass is 9.97. The van der Waals surface area contributed by atoms with Crippen LogP contribution < -0.4 is 10.1 Å². The molecule has 166 valence electrons. The van der Waals surface area contributed by atoms with Gasteiger partial charge in [-0.15, -0.1) is 0 Å². The van der Waals surface area contributed by atoms with Gasteiger partial charge in [-0.1, -0.05) is 36.7 Å². The second kappa shape index (κ2) is 8.87. The number of hydrogen-bond donors (Lipinski definition) is 1. The second-order valence-corrected chi connectivity index (χ2v) is 9.39. The second-order valence-electron chi connectivity index (χ2n) is 8.96. The van der Waals surface area contributed by atoms with Gasteiger partial charge in [-0.2, -0.15) is 0 Å². The quantitative estimate of drug-likeness (QED) is 0.666. The van der Waals surface area contributed by atoms with Crippen molar-refractivity contribution in [2.75, 3.05) is 13.4 Å². The van der Waals surface area contributed by atoms with Crippen LogP contribution in [0.25, 0.3) is 0 Å². The van der Waals surface area contributed by atoms with E-state index in [1.54, 1.807) is 24.0 Å². The molecule has 5 nitrogen and oxygen atoms in total. The molecule has 7 heteroatoms. The van der Waals surface area contributed by atoms with Crippen LogP contribution in [0.5, 0.6) is 5.75 Å². The summed E-state index contributed by atoms with van der Waals surface area (Å²) in [6.45, 7) is 8.76. The first-order valence-corrected chi connectivity index (χ1v) is 10.6. The number of carbonyl (C=O) groups is 2. The van der Waals surface area contributed by atoms with Crippen LogP contribution in [0.1, 0.15) is 66.7 Å². The van der Waals surface area contributed by atoms with Crippen molar-refractivity contribution < 1.29 is 18.7 Å². The number of benzene rings is 2. The van der Waals surface area contributed by atoms with E-state index in [2.05, 4.69) is 5.32 Å². The monoisotopic (exact) mass is 446 g/mol. The molecular weight excluding hydrogens is 419 g/mol. The normalized spacial score (nSPS) is 16.8. The van der Waals surface area contributed by atoms with Crippen LogP contribution in [-0.2, 0) is 4.79 Å². The van der Waals surface area contributed by atoms with E-state index < -0.39 is 18.4 Å². The average molecular weight is 447 g/mol. The summed E-state index contributed by atoms with van der Waals surface area (Å²) in [5, 5.41) is 3.63. The smallest absolute Gasteiger partial charge is 0.255 e. The fraction of sp³-hybridized carbons (Fsp3) is 0.417. The Morgan fingerprint density at radius 2 is 1.87 bits per heavy atom. The van der Waals surface area contributed by atoms with Gasteiger partial charge in [0.15, 0.2) is 0 Å². The van der Waals surface area contributed by atoms with E-state index in [4.69, 9.17) is 16.3 Å². The highest BCUT2D eigenvalue weighted by molar-refractivity contribution is 6.30. The minimum atomic E-state index is -0.987. The van der Waals surface area contributed by atoms with Crippen molar-refractivity contribution in [1.29, 1.82) is 0 Å². The SMILES string of the molecule is Cc1c(OCF)ccc2c1C(=O)N(CC(C)c1ccc(Cl)cc1)C2C(=O)NC(C)(C)C. The van der Waals surface area contributed by atoms with E-state index in [0.29, 0.717) is 34.0 Å². The Labute approximate surface area is 187 Å². The third-order valence-corrected chi connectivity index (χ3v) is 5.65. The van der Waals surface area contributed by atoms with Gasteiger partial charge in [0.2, 0.25) is 12.8 Å². The molecule has 2 unspecified atom stereocenters. The lowest BCUT2D eigenvalue weighted by Crippen LogP contribution is -2.47. The molecule has 3 rings (SSSR count). The number of carbonyl (C=O) groups excluding carboxylic acids is 2. The Hall–Kier alpha value is -2.60. The van der Waals surface area contributed by atoms with Gasteiger partial charge in [0.05, 0.1) is 5.56 Å². The van der Waals surface area contributed by atoms with Crippen LogP contribution in [0.3, 0.4) is 0 Å². The third kappa shape index (κ3) is 4.85. The Bertz CT molecular complexity index is 986. The number of alkyl halides is 1. The molecule has 0 saturated heterocycles. The molecule has 0 fully saturated rings. The summed E-state index contributed by atoms with van der Waals surface area (Å²) in [4.78, 5) is 28.3. The molecule has 0 saturated carbocycles. The van der Waals surface area contributed by atoms with E-state index in [-0.39, 0.29) is 17.7 Å². The summed E-state index contributed by atoms with van der Waals surface area (Å²) >= 11 is 6.00. The first-order valence-electron chi connectivity index (χ1n) is 10.2. The Kier molecular flexibility index (Phi) is 6.60. The molecule has 2 aromatic carbocycles. The zero-order chi connectivity index (χ0) is 22.9. The fourth-order valence-electron chi connectivity index (χ4n) is 3.97.